The Kier molecular flexibility index (Phi) is 4.47. The molecule has 0 saturated heterocycles. The summed E-state index contributed by atoms with van der Waals surface area (Å²) >= 11 is 0. The van der Waals surface area contributed by atoms with Crippen LogP contribution in [0.2, 0.25) is 0 Å². The van der Waals surface area contributed by atoms with E-state index in [9.17, 15) is 9.59 Å². The molecule has 0 radical (unpaired) electrons. The third-order valence-electron chi connectivity index (χ3n) is 2.03. The Labute approximate surface area is 97.6 Å². The maximum absolute atomic E-state index is 10.6. The van der Waals surface area contributed by atoms with Crippen LogP contribution in [0.1, 0.15) is 5.56 Å². The number of carboxylic acids is 2. The molecule has 0 fully saturated rings. The lowest BCUT2D eigenvalue weighted by Gasteiger charge is -2.08. The van der Waals surface area contributed by atoms with E-state index in [0.717, 1.165) is 0 Å². The van der Waals surface area contributed by atoms with E-state index >= 15 is 0 Å². The molecule has 1 aromatic rings. The molecule has 0 heterocycles. The van der Waals surface area contributed by atoms with Gasteiger partial charge in [-0.25, -0.2) is 4.79 Å². The van der Waals surface area contributed by atoms with Gasteiger partial charge < -0.3 is 20.7 Å². The summed E-state index contributed by atoms with van der Waals surface area (Å²) < 4.78 is 4.96. The largest absolute Gasteiger partial charge is 0.482 e. The van der Waals surface area contributed by atoms with Crippen molar-refractivity contribution < 1.29 is 24.5 Å². The molecule has 1 atom stereocenters. The average Bonchev–Trinajstić information content (AvgIpc) is 2.26. The molecule has 4 N–H and O–H groups in total. The molecule has 0 amide bonds. The number of rotatable bonds is 6. The Morgan fingerprint density at radius 1 is 1.35 bits per heavy atom. The van der Waals surface area contributed by atoms with Crippen molar-refractivity contribution >= 4 is 11.9 Å². The van der Waals surface area contributed by atoms with Crippen LogP contribution >= 0.6 is 0 Å². The fourth-order valence-electron chi connectivity index (χ4n) is 1.25. The molecule has 0 aliphatic heterocycles. The molecule has 0 aromatic heterocycles. The fourth-order valence-corrected chi connectivity index (χ4v) is 1.25. The van der Waals surface area contributed by atoms with Gasteiger partial charge in [0.2, 0.25) is 0 Å². The Morgan fingerprint density at radius 3 is 2.65 bits per heavy atom. The molecule has 0 saturated carbocycles. The first-order valence-corrected chi connectivity index (χ1v) is 4.91. The second-order valence-corrected chi connectivity index (χ2v) is 3.48. The monoisotopic (exact) mass is 239 g/mol. The van der Waals surface area contributed by atoms with Crippen molar-refractivity contribution in [3.63, 3.8) is 0 Å². The van der Waals surface area contributed by atoms with Crippen LogP contribution in [0.25, 0.3) is 0 Å². The lowest BCUT2D eigenvalue weighted by molar-refractivity contribution is -0.139. The first kappa shape index (κ1) is 13.0. The van der Waals surface area contributed by atoms with Gasteiger partial charge in [-0.1, -0.05) is 12.1 Å². The van der Waals surface area contributed by atoms with Crippen LogP contribution in [0.15, 0.2) is 24.3 Å². The van der Waals surface area contributed by atoms with Crippen LogP contribution in [0.5, 0.6) is 5.75 Å². The molecule has 0 aliphatic carbocycles. The highest BCUT2D eigenvalue weighted by Gasteiger charge is 2.12. The molecular weight excluding hydrogens is 226 g/mol. The standard InChI is InChI=1S/C11H13NO5/c12-9(11(15)16)5-7-2-1-3-8(4-7)17-6-10(13)14/h1-4,9H,5-6,12H2,(H,13,14)(H,15,16)/t9-/m1/s1. The molecule has 92 valence electrons. The number of nitrogens with two attached hydrogens (primary N) is 1. The maximum Gasteiger partial charge on any atom is 0.341 e. The molecular formula is C11H13NO5. The molecule has 1 rings (SSSR count). The van der Waals surface area contributed by atoms with Gasteiger partial charge in [0.05, 0.1) is 0 Å². The second kappa shape index (κ2) is 5.86. The van der Waals surface area contributed by atoms with E-state index < -0.39 is 24.6 Å². The van der Waals surface area contributed by atoms with Gasteiger partial charge in [-0.2, -0.15) is 0 Å². The topological polar surface area (TPSA) is 110 Å². The number of hydrogen-bond acceptors (Lipinski definition) is 4. The van der Waals surface area contributed by atoms with Crippen LogP contribution in [0.3, 0.4) is 0 Å². The smallest absolute Gasteiger partial charge is 0.341 e. The molecule has 17 heavy (non-hydrogen) atoms. The first-order chi connectivity index (χ1) is 7.99. The van der Waals surface area contributed by atoms with Crippen LogP contribution in [0.4, 0.5) is 0 Å². The van der Waals surface area contributed by atoms with E-state index in [1.165, 1.54) is 0 Å². The molecule has 6 heteroatoms. The Bertz CT molecular complexity index is 418. The maximum atomic E-state index is 10.6. The number of hydrogen-bond donors (Lipinski definition) is 3. The van der Waals surface area contributed by atoms with E-state index in [2.05, 4.69) is 0 Å². The van der Waals surface area contributed by atoms with E-state index in [0.29, 0.717) is 11.3 Å². The Balaban J connectivity index is 2.65. The fraction of sp³-hybridized carbons (Fsp3) is 0.273. The minimum atomic E-state index is -1.08. The van der Waals surface area contributed by atoms with Crippen molar-refractivity contribution in [1.82, 2.24) is 0 Å². The number of ether oxygens (including phenoxy) is 1. The van der Waals surface area contributed by atoms with Gasteiger partial charge in [0.15, 0.2) is 6.61 Å². The molecule has 0 spiro atoms. The van der Waals surface area contributed by atoms with Crippen molar-refractivity contribution in [2.24, 2.45) is 5.73 Å². The number of carbonyl (C=O) groups is 2. The summed E-state index contributed by atoms with van der Waals surface area (Å²) in [6.07, 6.45) is 0.166. The van der Waals surface area contributed by atoms with Gasteiger partial charge in [0, 0.05) is 0 Å². The van der Waals surface area contributed by atoms with Gasteiger partial charge in [0.25, 0.3) is 0 Å². The molecule has 0 bridgehead atoms. The average molecular weight is 239 g/mol. The van der Waals surface area contributed by atoms with Crippen LogP contribution in [-0.2, 0) is 16.0 Å². The highest BCUT2D eigenvalue weighted by molar-refractivity contribution is 5.73. The minimum Gasteiger partial charge on any atom is -0.482 e. The summed E-state index contributed by atoms with van der Waals surface area (Å²) in [6, 6.07) is 5.55. The van der Waals surface area contributed by atoms with Crippen molar-refractivity contribution in [3.05, 3.63) is 29.8 Å². The molecule has 0 unspecified atom stereocenters. The molecule has 1 aromatic carbocycles. The minimum absolute atomic E-state index is 0.166. The number of aliphatic carboxylic acids is 2. The van der Waals surface area contributed by atoms with Crippen molar-refractivity contribution in [2.45, 2.75) is 12.5 Å². The molecule has 6 nitrogen and oxygen atoms in total. The van der Waals surface area contributed by atoms with Crippen molar-refractivity contribution in [2.75, 3.05) is 6.61 Å². The van der Waals surface area contributed by atoms with Crippen molar-refractivity contribution in [1.29, 1.82) is 0 Å². The summed E-state index contributed by atoms with van der Waals surface area (Å²) in [5.41, 5.74) is 6.07. The highest BCUT2D eigenvalue weighted by Crippen LogP contribution is 2.14. The summed E-state index contributed by atoms with van der Waals surface area (Å²) in [7, 11) is 0. The summed E-state index contributed by atoms with van der Waals surface area (Å²) in [6.45, 7) is -0.436. The zero-order valence-electron chi connectivity index (χ0n) is 9.00. The first-order valence-electron chi connectivity index (χ1n) is 4.91. The summed E-state index contributed by atoms with van der Waals surface area (Å²) in [5.74, 6) is -1.78. The van der Waals surface area contributed by atoms with Crippen LogP contribution in [-0.4, -0.2) is 34.8 Å². The zero-order valence-corrected chi connectivity index (χ0v) is 9.00. The third kappa shape index (κ3) is 4.52. The van der Waals surface area contributed by atoms with E-state index in [1.807, 2.05) is 0 Å². The van der Waals surface area contributed by atoms with Gasteiger partial charge >= 0.3 is 11.9 Å². The lowest BCUT2D eigenvalue weighted by atomic mass is 10.1. The van der Waals surface area contributed by atoms with Gasteiger partial charge in [-0.3, -0.25) is 4.79 Å². The van der Waals surface area contributed by atoms with E-state index in [1.54, 1.807) is 24.3 Å². The Morgan fingerprint density at radius 2 is 2.06 bits per heavy atom. The van der Waals surface area contributed by atoms with Gasteiger partial charge in [-0.15, -0.1) is 0 Å². The normalized spacial score (nSPS) is 11.8. The zero-order chi connectivity index (χ0) is 12.8. The number of benzene rings is 1. The predicted octanol–water partition coefficient (Wildman–Crippen LogP) is 0.104. The highest BCUT2D eigenvalue weighted by atomic mass is 16.5. The second-order valence-electron chi connectivity index (χ2n) is 3.48. The van der Waals surface area contributed by atoms with Crippen LogP contribution in [0, 0.1) is 0 Å². The van der Waals surface area contributed by atoms with Crippen LogP contribution < -0.4 is 10.5 Å². The molecule has 0 aliphatic rings. The van der Waals surface area contributed by atoms with Crippen molar-refractivity contribution in [3.8, 4) is 5.75 Å². The van der Waals surface area contributed by atoms with E-state index in [4.69, 9.17) is 20.7 Å². The summed E-state index contributed by atoms with van der Waals surface area (Å²) in [4.78, 5) is 20.9. The Hall–Kier alpha value is -2.08. The quantitative estimate of drug-likeness (QED) is 0.649. The third-order valence-corrected chi connectivity index (χ3v) is 2.03. The van der Waals surface area contributed by atoms with E-state index in [-0.39, 0.29) is 6.42 Å². The number of carboxylic acid groups (broad SMARTS) is 2. The lowest BCUT2D eigenvalue weighted by Crippen LogP contribution is -2.32. The van der Waals surface area contributed by atoms with Gasteiger partial charge in [-0.05, 0) is 24.1 Å². The van der Waals surface area contributed by atoms with Gasteiger partial charge in [0.1, 0.15) is 11.8 Å². The summed E-state index contributed by atoms with van der Waals surface area (Å²) in [5, 5.41) is 17.1. The predicted molar refractivity (Wildman–Crippen MR) is 58.9 cm³/mol. The SMILES string of the molecule is N[C@H](Cc1cccc(OCC(=O)O)c1)C(=O)O.